The van der Waals surface area contributed by atoms with E-state index in [-0.39, 0.29) is 17.9 Å². The number of halogens is 1. The normalized spacial score (nSPS) is 11.3. The molecule has 4 rings (SSSR count). The molecule has 0 N–H and O–H groups in total. The average Bonchev–Trinajstić information content (AvgIpc) is 3.26. The smallest absolute Gasteiger partial charge is 0.332 e. The molecule has 0 fully saturated rings. The molecule has 132 valence electrons. The molecule has 0 aliphatic carbocycles. The lowest BCUT2D eigenvalue weighted by molar-refractivity contribution is 0.491. The molecule has 26 heavy (non-hydrogen) atoms. The van der Waals surface area contributed by atoms with Crippen molar-refractivity contribution in [3.05, 3.63) is 69.3 Å². The summed E-state index contributed by atoms with van der Waals surface area (Å²) < 4.78 is 22.6. The first-order valence-electron chi connectivity index (χ1n) is 7.77. The number of aromatic nitrogens is 5. The Morgan fingerprint density at radius 2 is 1.81 bits per heavy atom. The summed E-state index contributed by atoms with van der Waals surface area (Å²) in [5.41, 5.74) is 0.395. The molecule has 0 saturated heterocycles. The maximum Gasteiger partial charge on any atom is 0.332 e. The molecule has 0 radical (unpaired) electrons. The lowest BCUT2D eigenvalue weighted by Gasteiger charge is -2.05. The van der Waals surface area contributed by atoms with E-state index < -0.39 is 11.2 Å². The molecule has 0 saturated carbocycles. The van der Waals surface area contributed by atoms with E-state index in [2.05, 4.69) is 9.97 Å². The van der Waals surface area contributed by atoms with Gasteiger partial charge in [0.15, 0.2) is 16.9 Å². The molecule has 0 unspecified atom stereocenters. The number of fused-ring (bicyclic) bond motifs is 1. The van der Waals surface area contributed by atoms with E-state index in [9.17, 15) is 14.0 Å². The van der Waals surface area contributed by atoms with E-state index in [0.717, 1.165) is 4.57 Å². The molecule has 4 aromatic rings. The molecule has 0 bridgehead atoms. The molecule has 0 spiro atoms. The van der Waals surface area contributed by atoms with Crippen LogP contribution < -0.4 is 11.2 Å². The third-order valence-electron chi connectivity index (χ3n) is 4.21. The Bertz CT molecular complexity index is 1230. The number of oxazole rings is 1. The molecule has 3 aromatic heterocycles. The van der Waals surface area contributed by atoms with Crippen molar-refractivity contribution in [2.75, 3.05) is 0 Å². The van der Waals surface area contributed by atoms with E-state index >= 15 is 0 Å². The van der Waals surface area contributed by atoms with Crippen molar-refractivity contribution in [1.82, 2.24) is 23.7 Å². The van der Waals surface area contributed by atoms with Crippen molar-refractivity contribution < 1.29 is 8.81 Å². The molecule has 9 heteroatoms. The van der Waals surface area contributed by atoms with Crippen molar-refractivity contribution in [3.8, 4) is 11.3 Å². The zero-order valence-electron chi connectivity index (χ0n) is 14.0. The number of benzene rings is 1. The van der Waals surface area contributed by atoms with Crippen LogP contribution in [0.3, 0.4) is 0 Å². The van der Waals surface area contributed by atoms with Crippen molar-refractivity contribution in [2.24, 2.45) is 14.1 Å². The standard InChI is InChI=1S/C17H14FN5O3/c1-21-15-14(16(24)22(2)17(21)25)23(9-20-15)8-13-19-7-12(26-13)10-3-5-11(18)6-4-10/h3-7,9H,8H2,1-2H3. The summed E-state index contributed by atoms with van der Waals surface area (Å²) in [6.45, 7) is 0.172. The Balaban J connectivity index is 1.74. The van der Waals surface area contributed by atoms with Gasteiger partial charge in [-0.05, 0) is 24.3 Å². The van der Waals surface area contributed by atoms with Crippen molar-refractivity contribution in [2.45, 2.75) is 6.54 Å². The van der Waals surface area contributed by atoms with Gasteiger partial charge in [0, 0.05) is 19.7 Å². The summed E-state index contributed by atoms with van der Waals surface area (Å²) in [6, 6.07) is 5.87. The molecule has 0 aliphatic heterocycles. The maximum absolute atomic E-state index is 13.0. The van der Waals surface area contributed by atoms with Crippen LogP contribution in [0.1, 0.15) is 5.89 Å². The molecule has 0 atom stereocenters. The zero-order valence-corrected chi connectivity index (χ0v) is 14.0. The van der Waals surface area contributed by atoms with Crippen LogP contribution in [0.25, 0.3) is 22.5 Å². The van der Waals surface area contributed by atoms with Crippen molar-refractivity contribution in [1.29, 1.82) is 0 Å². The highest BCUT2D eigenvalue weighted by atomic mass is 19.1. The summed E-state index contributed by atoms with van der Waals surface area (Å²) in [7, 11) is 2.97. The van der Waals surface area contributed by atoms with Crippen molar-refractivity contribution in [3.63, 3.8) is 0 Å². The minimum atomic E-state index is -0.442. The van der Waals surface area contributed by atoms with Gasteiger partial charge < -0.3 is 8.98 Å². The van der Waals surface area contributed by atoms with E-state index in [4.69, 9.17) is 4.42 Å². The molecular formula is C17H14FN5O3. The lowest BCUT2D eigenvalue weighted by Crippen LogP contribution is -2.37. The van der Waals surface area contributed by atoms with Crippen LogP contribution >= 0.6 is 0 Å². The highest BCUT2D eigenvalue weighted by Crippen LogP contribution is 2.21. The molecule has 8 nitrogen and oxygen atoms in total. The zero-order chi connectivity index (χ0) is 18.4. The first kappa shape index (κ1) is 16.0. The first-order valence-corrected chi connectivity index (χ1v) is 7.77. The summed E-state index contributed by atoms with van der Waals surface area (Å²) in [4.78, 5) is 32.8. The number of imidazole rings is 1. The largest absolute Gasteiger partial charge is 0.439 e. The van der Waals surface area contributed by atoms with Gasteiger partial charge in [-0.15, -0.1) is 0 Å². The molecule has 1 aromatic carbocycles. The summed E-state index contributed by atoms with van der Waals surface area (Å²) in [5.74, 6) is 0.518. The fourth-order valence-electron chi connectivity index (χ4n) is 2.79. The minimum absolute atomic E-state index is 0.172. The number of hydrogen-bond donors (Lipinski definition) is 0. The monoisotopic (exact) mass is 355 g/mol. The van der Waals surface area contributed by atoms with Gasteiger partial charge in [-0.3, -0.25) is 13.9 Å². The topological polar surface area (TPSA) is 87.8 Å². The first-order chi connectivity index (χ1) is 12.5. The Hall–Kier alpha value is -3.49. The van der Waals surface area contributed by atoms with Gasteiger partial charge in [0.25, 0.3) is 5.56 Å². The highest BCUT2D eigenvalue weighted by molar-refractivity contribution is 5.70. The highest BCUT2D eigenvalue weighted by Gasteiger charge is 2.16. The second kappa shape index (κ2) is 5.80. The van der Waals surface area contributed by atoms with E-state index in [1.165, 1.54) is 36.3 Å². The van der Waals surface area contributed by atoms with Crippen molar-refractivity contribution >= 4 is 11.2 Å². The predicted octanol–water partition coefficient (Wildman–Crippen LogP) is 1.28. The SMILES string of the molecule is Cn1c(=O)c2c(ncn2Cc2ncc(-c3ccc(F)cc3)o2)n(C)c1=O. The molecule has 0 aliphatic rings. The summed E-state index contributed by atoms with van der Waals surface area (Å²) in [5, 5.41) is 0. The molecule has 3 heterocycles. The Morgan fingerprint density at radius 1 is 1.08 bits per heavy atom. The van der Waals surface area contributed by atoms with Crippen LogP contribution in [0.2, 0.25) is 0 Å². The fourth-order valence-corrected chi connectivity index (χ4v) is 2.79. The molecule has 0 amide bonds. The second-order valence-electron chi connectivity index (χ2n) is 5.88. The van der Waals surface area contributed by atoms with E-state index in [1.807, 2.05) is 0 Å². The number of aryl methyl sites for hydroxylation is 1. The van der Waals surface area contributed by atoms with Gasteiger partial charge in [0.2, 0.25) is 5.89 Å². The fraction of sp³-hybridized carbons (Fsp3) is 0.176. The van der Waals surface area contributed by atoms with Crippen LogP contribution in [0.15, 0.2) is 50.8 Å². The summed E-state index contributed by atoms with van der Waals surface area (Å²) in [6.07, 6.45) is 3.00. The lowest BCUT2D eigenvalue weighted by atomic mass is 10.2. The summed E-state index contributed by atoms with van der Waals surface area (Å²) >= 11 is 0. The van der Waals surface area contributed by atoms with Gasteiger partial charge in [-0.25, -0.2) is 19.2 Å². The third kappa shape index (κ3) is 2.44. The van der Waals surface area contributed by atoms with E-state index in [1.54, 1.807) is 23.7 Å². The number of rotatable bonds is 3. The third-order valence-corrected chi connectivity index (χ3v) is 4.21. The number of nitrogens with zero attached hydrogens (tertiary/aromatic N) is 5. The quantitative estimate of drug-likeness (QED) is 0.552. The van der Waals surface area contributed by atoms with Gasteiger partial charge >= 0.3 is 5.69 Å². The van der Waals surface area contributed by atoms with Gasteiger partial charge in [0.05, 0.1) is 12.5 Å². The molecular weight excluding hydrogens is 341 g/mol. The van der Waals surface area contributed by atoms with Crippen LogP contribution in [0, 0.1) is 5.82 Å². The Morgan fingerprint density at radius 3 is 2.54 bits per heavy atom. The van der Waals surface area contributed by atoms with E-state index in [0.29, 0.717) is 22.9 Å². The number of hydrogen-bond acceptors (Lipinski definition) is 5. The van der Waals surface area contributed by atoms with Crippen LogP contribution in [-0.4, -0.2) is 23.7 Å². The van der Waals surface area contributed by atoms with Crippen LogP contribution in [0.5, 0.6) is 0 Å². The predicted molar refractivity (Wildman–Crippen MR) is 91.2 cm³/mol. The average molecular weight is 355 g/mol. The van der Waals surface area contributed by atoms with Gasteiger partial charge in [-0.2, -0.15) is 0 Å². The maximum atomic E-state index is 13.0. The second-order valence-corrected chi connectivity index (χ2v) is 5.88. The Labute approximate surface area is 145 Å². The minimum Gasteiger partial charge on any atom is -0.439 e. The van der Waals surface area contributed by atoms with Gasteiger partial charge in [0.1, 0.15) is 12.4 Å². The van der Waals surface area contributed by atoms with Crippen LogP contribution in [-0.2, 0) is 20.6 Å². The van der Waals surface area contributed by atoms with Gasteiger partial charge in [-0.1, -0.05) is 0 Å². The van der Waals surface area contributed by atoms with Crippen LogP contribution in [0.4, 0.5) is 4.39 Å². The Kier molecular flexibility index (Phi) is 3.57.